The number of nitrogens with zero attached hydrogens (tertiary/aromatic N) is 4. The monoisotopic (exact) mass is 573 g/mol. The highest BCUT2D eigenvalue weighted by Crippen LogP contribution is 2.37. The van der Waals surface area contributed by atoms with Gasteiger partial charge in [-0.25, -0.2) is 9.37 Å². The summed E-state index contributed by atoms with van der Waals surface area (Å²) >= 11 is 0. The summed E-state index contributed by atoms with van der Waals surface area (Å²) in [7, 11) is 1.97. The third kappa shape index (κ3) is 6.20. The number of H-pyrrole nitrogens is 1. The van der Waals surface area contributed by atoms with E-state index < -0.39 is 34.6 Å². The summed E-state index contributed by atoms with van der Waals surface area (Å²) in [5, 5.41) is 5.84. The van der Waals surface area contributed by atoms with Gasteiger partial charge in [0.15, 0.2) is 0 Å². The quantitative estimate of drug-likeness (QED) is 0.403. The fourth-order valence-corrected chi connectivity index (χ4v) is 5.11. The molecule has 5 rings (SSSR count). The number of aromatic amines is 1. The molecule has 9 nitrogen and oxygen atoms in total. The topological polar surface area (TPSA) is 96.6 Å². The standard InChI is InChI=1S/C28H31F4N7O2/c1-17-16-39(11-10-37(17)2)24-14-21(29)18(22-4-3-5-25(35-22)38-8-6-33-7-9-38)12-23(24)36-27(41)19-15-34-26(40)13-20(19)28(30,31)32/h3-5,12-15,17,33H,6-11,16H2,1-2H3,(H,34,40)(H,36,41)/t17-/m1/s1. The number of hydrogen-bond donors (Lipinski definition) is 3. The van der Waals surface area contributed by atoms with Crippen molar-refractivity contribution in [1.82, 2.24) is 20.2 Å². The number of benzene rings is 1. The van der Waals surface area contributed by atoms with Crippen molar-refractivity contribution in [3.8, 4) is 11.3 Å². The van der Waals surface area contributed by atoms with Gasteiger partial charge >= 0.3 is 6.18 Å². The van der Waals surface area contributed by atoms with Crippen LogP contribution in [0.4, 0.5) is 34.8 Å². The maximum atomic E-state index is 15.7. The van der Waals surface area contributed by atoms with Crippen LogP contribution < -0.4 is 26.0 Å². The molecule has 41 heavy (non-hydrogen) atoms. The van der Waals surface area contributed by atoms with Crippen molar-refractivity contribution in [2.45, 2.75) is 19.1 Å². The predicted octanol–water partition coefficient (Wildman–Crippen LogP) is 3.40. The van der Waals surface area contributed by atoms with Crippen molar-refractivity contribution in [1.29, 1.82) is 0 Å². The molecule has 0 bridgehead atoms. The molecule has 1 aromatic carbocycles. The van der Waals surface area contributed by atoms with Crippen LogP contribution in [-0.2, 0) is 6.18 Å². The van der Waals surface area contributed by atoms with Gasteiger partial charge in [-0.05, 0) is 38.2 Å². The third-order valence-corrected chi connectivity index (χ3v) is 7.56. The number of rotatable bonds is 5. The van der Waals surface area contributed by atoms with Crippen LogP contribution in [0.25, 0.3) is 11.3 Å². The number of piperazine rings is 2. The second-order valence-corrected chi connectivity index (χ2v) is 10.3. The van der Waals surface area contributed by atoms with Gasteiger partial charge in [0.2, 0.25) is 5.56 Å². The minimum absolute atomic E-state index is 0.0979. The molecule has 2 fully saturated rings. The summed E-state index contributed by atoms with van der Waals surface area (Å²) in [6.07, 6.45) is -4.19. The maximum Gasteiger partial charge on any atom is 0.417 e. The molecule has 3 N–H and O–H groups in total. The Morgan fingerprint density at radius 1 is 1.07 bits per heavy atom. The first-order chi connectivity index (χ1) is 19.5. The number of alkyl halides is 3. The van der Waals surface area contributed by atoms with Gasteiger partial charge in [0.05, 0.1) is 28.2 Å². The van der Waals surface area contributed by atoms with Crippen LogP contribution in [0.3, 0.4) is 0 Å². The fourth-order valence-electron chi connectivity index (χ4n) is 5.11. The Bertz CT molecular complexity index is 1490. The second kappa shape index (κ2) is 11.5. The average Bonchev–Trinajstić information content (AvgIpc) is 2.95. The zero-order chi connectivity index (χ0) is 29.3. The second-order valence-electron chi connectivity index (χ2n) is 10.3. The molecule has 2 aromatic heterocycles. The largest absolute Gasteiger partial charge is 0.417 e. The molecule has 0 spiro atoms. The minimum atomic E-state index is -4.93. The van der Waals surface area contributed by atoms with Crippen LogP contribution in [0.1, 0.15) is 22.8 Å². The van der Waals surface area contributed by atoms with E-state index in [1.807, 2.05) is 24.9 Å². The lowest BCUT2D eigenvalue weighted by Crippen LogP contribution is -2.50. The number of pyridine rings is 2. The van der Waals surface area contributed by atoms with Gasteiger partial charge in [-0.3, -0.25) is 9.59 Å². The molecule has 0 radical (unpaired) electrons. The van der Waals surface area contributed by atoms with Gasteiger partial charge < -0.3 is 30.3 Å². The lowest BCUT2D eigenvalue weighted by Gasteiger charge is -2.39. The lowest BCUT2D eigenvalue weighted by atomic mass is 10.0. The van der Waals surface area contributed by atoms with E-state index in [-0.39, 0.29) is 17.3 Å². The molecule has 1 amide bonds. The van der Waals surface area contributed by atoms with E-state index in [0.717, 1.165) is 32.4 Å². The van der Waals surface area contributed by atoms with Crippen LogP contribution in [0, 0.1) is 5.82 Å². The number of halogens is 4. The summed E-state index contributed by atoms with van der Waals surface area (Å²) < 4.78 is 56.8. The highest BCUT2D eigenvalue weighted by atomic mass is 19.4. The van der Waals surface area contributed by atoms with Crippen molar-refractivity contribution in [3.63, 3.8) is 0 Å². The third-order valence-electron chi connectivity index (χ3n) is 7.56. The van der Waals surface area contributed by atoms with E-state index in [1.54, 1.807) is 12.1 Å². The molecule has 0 unspecified atom stereocenters. The van der Waals surface area contributed by atoms with Crippen LogP contribution in [0.2, 0.25) is 0 Å². The van der Waals surface area contributed by atoms with E-state index in [1.165, 1.54) is 12.1 Å². The van der Waals surface area contributed by atoms with Crippen LogP contribution in [0.5, 0.6) is 0 Å². The number of nitrogens with one attached hydrogen (secondary N) is 3. The molecular formula is C28H31F4N7O2. The highest BCUT2D eigenvalue weighted by molar-refractivity contribution is 6.07. The Labute approximate surface area is 234 Å². The molecule has 0 saturated carbocycles. The van der Waals surface area contributed by atoms with Crippen LogP contribution in [0.15, 0.2) is 47.4 Å². The molecule has 1 atom stereocenters. The molecule has 2 aliphatic rings. The number of carbonyl (C=O) groups excluding carboxylic acids is 1. The molecular weight excluding hydrogens is 542 g/mol. The SMILES string of the molecule is C[C@@H]1CN(c2cc(F)c(-c3cccc(N4CCNCC4)n3)cc2NC(=O)c2c[nH]c(=O)cc2C(F)(F)F)CCN1C. The summed E-state index contributed by atoms with van der Waals surface area (Å²) in [6, 6.07) is 8.42. The van der Waals surface area contributed by atoms with E-state index >= 15 is 4.39 Å². The summed E-state index contributed by atoms with van der Waals surface area (Å²) in [5.74, 6) is -0.985. The number of hydrogen-bond acceptors (Lipinski definition) is 7. The molecule has 218 valence electrons. The van der Waals surface area contributed by atoms with Crippen molar-refractivity contribution >= 4 is 23.1 Å². The number of carbonyl (C=O) groups is 1. The Kier molecular flexibility index (Phi) is 8.00. The Morgan fingerprint density at radius 2 is 1.83 bits per heavy atom. The maximum absolute atomic E-state index is 15.7. The summed E-state index contributed by atoms with van der Waals surface area (Å²) in [6.45, 7) is 6.77. The first kappa shape index (κ1) is 28.6. The van der Waals surface area contributed by atoms with Crippen molar-refractivity contribution in [3.05, 3.63) is 69.9 Å². The number of likely N-dealkylation sites (N-methyl/N-ethyl adjacent to an activating group) is 1. The lowest BCUT2D eigenvalue weighted by molar-refractivity contribution is -0.138. The Balaban J connectivity index is 1.56. The van der Waals surface area contributed by atoms with Gasteiger partial charge in [-0.2, -0.15) is 13.2 Å². The van der Waals surface area contributed by atoms with Gasteiger partial charge in [-0.1, -0.05) is 6.07 Å². The first-order valence-electron chi connectivity index (χ1n) is 13.3. The number of anilines is 3. The highest BCUT2D eigenvalue weighted by Gasteiger charge is 2.36. The first-order valence-corrected chi connectivity index (χ1v) is 13.3. The minimum Gasteiger partial charge on any atom is -0.367 e. The smallest absolute Gasteiger partial charge is 0.367 e. The Morgan fingerprint density at radius 3 is 2.54 bits per heavy atom. The van der Waals surface area contributed by atoms with Crippen molar-refractivity contribution in [2.24, 2.45) is 0 Å². The molecule has 2 saturated heterocycles. The average molecular weight is 574 g/mol. The Hall–Kier alpha value is -3.97. The molecule has 4 heterocycles. The van der Waals surface area contributed by atoms with Gasteiger partial charge in [0, 0.05) is 69.7 Å². The summed E-state index contributed by atoms with van der Waals surface area (Å²) in [4.78, 5) is 37.8. The van der Waals surface area contributed by atoms with Gasteiger partial charge in [0.25, 0.3) is 5.91 Å². The van der Waals surface area contributed by atoms with Crippen molar-refractivity contribution in [2.75, 3.05) is 68.0 Å². The summed E-state index contributed by atoms with van der Waals surface area (Å²) in [5.41, 5.74) is -2.19. The van der Waals surface area contributed by atoms with Crippen LogP contribution >= 0.6 is 0 Å². The van der Waals surface area contributed by atoms with Gasteiger partial charge in [-0.15, -0.1) is 0 Å². The molecule has 0 aliphatic carbocycles. The number of amides is 1. The van der Waals surface area contributed by atoms with Gasteiger partial charge in [0.1, 0.15) is 11.6 Å². The molecule has 3 aromatic rings. The predicted molar refractivity (Wildman–Crippen MR) is 149 cm³/mol. The van der Waals surface area contributed by atoms with Crippen LogP contribution in [-0.4, -0.2) is 79.7 Å². The van der Waals surface area contributed by atoms with E-state index in [9.17, 15) is 22.8 Å². The number of aromatic nitrogens is 2. The van der Waals surface area contributed by atoms with Crippen molar-refractivity contribution < 1.29 is 22.4 Å². The van der Waals surface area contributed by atoms with E-state index in [4.69, 9.17) is 0 Å². The van der Waals surface area contributed by atoms with E-state index in [2.05, 4.69) is 30.4 Å². The molecule has 2 aliphatic heterocycles. The normalized spacial score (nSPS) is 18.4. The fraction of sp³-hybridized carbons (Fsp3) is 0.393. The zero-order valence-corrected chi connectivity index (χ0v) is 22.7. The molecule has 13 heteroatoms. The zero-order valence-electron chi connectivity index (χ0n) is 22.7. The van der Waals surface area contributed by atoms with E-state index in [0.29, 0.717) is 42.9 Å².